The van der Waals surface area contributed by atoms with Gasteiger partial charge in [-0.25, -0.2) is 0 Å². The predicted octanol–water partition coefficient (Wildman–Crippen LogP) is 4.57. The molecule has 0 bridgehead atoms. The Bertz CT molecular complexity index is 781. The first-order valence-electron chi connectivity index (χ1n) is 11.8. The molecule has 5 rings (SSSR count). The molecule has 0 aromatic carbocycles. The van der Waals surface area contributed by atoms with Gasteiger partial charge in [-0.3, -0.25) is 9.69 Å². The molecule has 2 saturated heterocycles. The van der Waals surface area contributed by atoms with Crippen molar-refractivity contribution in [2.75, 3.05) is 19.7 Å². The Balaban J connectivity index is 1.36. The van der Waals surface area contributed by atoms with Crippen LogP contribution in [0.1, 0.15) is 58.1 Å². The van der Waals surface area contributed by atoms with E-state index in [9.17, 15) is 4.79 Å². The molecule has 0 N–H and O–H groups in total. The lowest BCUT2D eigenvalue weighted by Gasteiger charge is -2.46. The summed E-state index contributed by atoms with van der Waals surface area (Å²) in [6.07, 6.45) is 11.4. The molecule has 0 amide bonds. The van der Waals surface area contributed by atoms with Gasteiger partial charge < -0.3 is 13.9 Å². The zero-order valence-electron chi connectivity index (χ0n) is 18.3. The van der Waals surface area contributed by atoms with E-state index in [1.54, 1.807) is 11.8 Å². The lowest BCUT2D eigenvalue weighted by molar-refractivity contribution is -0.145. The molecule has 30 heavy (non-hydrogen) atoms. The first kappa shape index (κ1) is 20.3. The Kier molecular flexibility index (Phi) is 5.53. The Morgan fingerprint density at radius 2 is 2.13 bits per heavy atom. The minimum absolute atomic E-state index is 0.0199. The largest absolute Gasteiger partial charge is 0.468 e. The fraction of sp³-hybridized carbons (Fsp3) is 0.720. The van der Waals surface area contributed by atoms with Gasteiger partial charge in [-0.05, 0) is 55.6 Å². The Morgan fingerprint density at radius 3 is 2.90 bits per heavy atom. The molecule has 2 aliphatic heterocycles. The standard InChI is InChI=1S/C25H35NO4/c1-17-6-3-9-25(2)13-23-20(12-22(17)25)21(24(27)30-23)16-26(14-18-7-4-10-28-18)15-19-8-5-11-29-19/h4,7,10,12,17,19-21,23H,3,5-6,8-9,11,13-16H2,1-2H3/t17-,19-,20+,21+,23+,25+/m0/s1. The van der Waals surface area contributed by atoms with E-state index in [1.165, 1.54) is 19.3 Å². The number of fused-ring (bicyclic) bond motifs is 2. The highest BCUT2D eigenvalue weighted by atomic mass is 16.6. The van der Waals surface area contributed by atoms with Gasteiger partial charge in [-0.1, -0.05) is 31.9 Å². The summed E-state index contributed by atoms with van der Waals surface area (Å²) in [5, 5.41) is 0. The first-order chi connectivity index (χ1) is 14.5. The minimum atomic E-state index is -0.0995. The molecular formula is C25H35NO4. The number of allylic oxidation sites excluding steroid dienone is 1. The summed E-state index contributed by atoms with van der Waals surface area (Å²) >= 11 is 0. The van der Waals surface area contributed by atoms with Crippen molar-refractivity contribution < 1.29 is 18.7 Å². The minimum Gasteiger partial charge on any atom is -0.468 e. The van der Waals surface area contributed by atoms with Gasteiger partial charge in [-0.15, -0.1) is 0 Å². The highest BCUT2D eigenvalue weighted by Crippen LogP contribution is 2.54. The molecule has 0 radical (unpaired) electrons. The third-order valence-electron chi connectivity index (χ3n) is 7.98. The van der Waals surface area contributed by atoms with E-state index >= 15 is 0 Å². The van der Waals surface area contributed by atoms with Gasteiger partial charge in [0, 0.05) is 25.6 Å². The average molecular weight is 414 g/mol. The molecule has 0 spiro atoms. The number of carbonyl (C=O) groups is 1. The van der Waals surface area contributed by atoms with E-state index < -0.39 is 0 Å². The van der Waals surface area contributed by atoms with Crippen molar-refractivity contribution in [2.24, 2.45) is 23.2 Å². The van der Waals surface area contributed by atoms with Crippen LogP contribution in [-0.2, 0) is 20.8 Å². The summed E-state index contributed by atoms with van der Waals surface area (Å²) in [5.74, 6) is 1.63. The summed E-state index contributed by atoms with van der Waals surface area (Å²) < 4.78 is 17.5. The van der Waals surface area contributed by atoms with Gasteiger partial charge in [0.2, 0.25) is 0 Å². The summed E-state index contributed by atoms with van der Waals surface area (Å²) in [4.78, 5) is 15.3. The number of nitrogens with zero attached hydrogens (tertiary/aromatic N) is 1. The second kappa shape index (κ2) is 8.16. The highest BCUT2D eigenvalue weighted by molar-refractivity contribution is 5.76. The van der Waals surface area contributed by atoms with Crippen LogP contribution >= 0.6 is 0 Å². The van der Waals surface area contributed by atoms with Crippen LogP contribution in [-0.4, -0.2) is 42.8 Å². The number of rotatable bonds is 6. The second-order valence-electron chi connectivity index (χ2n) is 10.2. The van der Waals surface area contributed by atoms with Crippen LogP contribution in [0, 0.1) is 23.2 Å². The van der Waals surface area contributed by atoms with Crippen molar-refractivity contribution >= 4 is 5.97 Å². The van der Waals surface area contributed by atoms with E-state index in [-0.39, 0.29) is 35.4 Å². The summed E-state index contributed by atoms with van der Waals surface area (Å²) in [5.41, 5.74) is 1.79. The van der Waals surface area contributed by atoms with Crippen molar-refractivity contribution in [2.45, 2.75) is 71.1 Å². The van der Waals surface area contributed by atoms with Crippen LogP contribution in [0.3, 0.4) is 0 Å². The monoisotopic (exact) mass is 413 g/mol. The van der Waals surface area contributed by atoms with Gasteiger partial charge in [-0.2, -0.15) is 0 Å². The zero-order chi connectivity index (χ0) is 20.7. The van der Waals surface area contributed by atoms with Crippen LogP contribution < -0.4 is 0 Å². The maximum Gasteiger partial charge on any atom is 0.311 e. The quantitative estimate of drug-likeness (QED) is 0.505. The van der Waals surface area contributed by atoms with E-state index in [4.69, 9.17) is 13.9 Å². The molecule has 2 aliphatic carbocycles. The second-order valence-corrected chi connectivity index (χ2v) is 10.2. The number of esters is 1. The highest BCUT2D eigenvalue weighted by Gasteiger charge is 2.52. The van der Waals surface area contributed by atoms with Gasteiger partial charge in [0.1, 0.15) is 11.9 Å². The summed E-state index contributed by atoms with van der Waals surface area (Å²) in [7, 11) is 0. The number of ether oxygens (including phenoxy) is 2. The molecule has 3 fully saturated rings. The first-order valence-corrected chi connectivity index (χ1v) is 11.8. The molecule has 1 aromatic heterocycles. The van der Waals surface area contributed by atoms with Gasteiger partial charge in [0.05, 0.1) is 24.8 Å². The van der Waals surface area contributed by atoms with Crippen LogP contribution in [0.25, 0.3) is 0 Å². The van der Waals surface area contributed by atoms with E-state index in [2.05, 4.69) is 24.8 Å². The Morgan fingerprint density at radius 1 is 1.23 bits per heavy atom. The van der Waals surface area contributed by atoms with E-state index in [0.29, 0.717) is 19.0 Å². The van der Waals surface area contributed by atoms with Gasteiger partial charge >= 0.3 is 5.97 Å². The Labute approximate surface area is 179 Å². The summed E-state index contributed by atoms with van der Waals surface area (Å²) in [6.45, 7) is 7.84. The van der Waals surface area contributed by atoms with Crippen molar-refractivity contribution in [1.29, 1.82) is 0 Å². The molecule has 6 atom stereocenters. The number of hydrogen-bond acceptors (Lipinski definition) is 5. The van der Waals surface area contributed by atoms with Gasteiger partial charge in [0.25, 0.3) is 0 Å². The van der Waals surface area contributed by atoms with Gasteiger partial charge in [0.15, 0.2) is 0 Å². The van der Waals surface area contributed by atoms with Crippen molar-refractivity contribution in [3.05, 3.63) is 35.8 Å². The molecule has 1 saturated carbocycles. The lowest BCUT2D eigenvalue weighted by Crippen LogP contribution is -2.42. The maximum atomic E-state index is 13.0. The molecule has 1 aromatic rings. The van der Waals surface area contributed by atoms with Crippen molar-refractivity contribution in [1.82, 2.24) is 4.90 Å². The number of carbonyl (C=O) groups excluding carboxylic acids is 1. The normalized spacial score (nSPS) is 38.3. The fourth-order valence-electron chi connectivity index (χ4n) is 6.44. The van der Waals surface area contributed by atoms with Crippen molar-refractivity contribution in [3.63, 3.8) is 0 Å². The maximum absolute atomic E-state index is 13.0. The van der Waals surface area contributed by atoms with Crippen LogP contribution in [0.15, 0.2) is 34.5 Å². The molecule has 5 nitrogen and oxygen atoms in total. The van der Waals surface area contributed by atoms with E-state index in [0.717, 1.165) is 38.2 Å². The summed E-state index contributed by atoms with van der Waals surface area (Å²) in [6, 6.07) is 3.94. The van der Waals surface area contributed by atoms with Crippen LogP contribution in [0.2, 0.25) is 0 Å². The molecule has 3 heterocycles. The zero-order valence-corrected chi connectivity index (χ0v) is 18.3. The SMILES string of the molecule is C[C@H]1CCC[C@]2(C)C[C@H]3OC(=O)[C@H](CN(Cc4ccco4)C[C@@H]4CCCO4)[C@H]3C=C12. The molecule has 4 aliphatic rings. The smallest absolute Gasteiger partial charge is 0.311 e. The lowest BCUT2D eigenvalue weighted by atomic mass is 9.59. The van der Waals surface area contributed by atoms with Crippen molar-refractivity contribution in [3.8, 4) is 0 Å². The van der Waals surface area contributed by atoms with Crippen LogP contribution in [0.4, 0.5) is 0 Å². The number of hydrogen-bond donors (Lipinski definition) is 0. The Hall–Kier alpha value is -1.59. The predicted molar refractivity (Wildman–Crippen MR) is 114 cm³/mol. The number of furan rings is 1. The van der Waals surface area contributed by atoms with E-state index in [1.807, 2.05) is 12.1 Å². The third kappa shape index (κ3) is 3.87. The molecular weight excluding hydrogens is 378 g/mol. The fourth-order valence-corrected chi connectivity index (χ4v) is 6.44. The molecule has 5 heteroatoms. The van der Waals surface area contributed by atoms with Crippen LogP contribution in [0.5, 0.6) is 0 Å². The molecule has 164 valence electrons. The topological polar surface area (TPSA) is 51.9 Å². The third-order valence-corrected chi connectivity index (χ3v) is 7.98. The average Bonchev–Trinajstić information content (AvgIpc) is 3.44. The molecule has 0 unspecified atom stereocenters.